The van der Waals surface area contributed by atoms with Gasteiger partial charge in [-0.1, -0.05) is 18.2 Å². The lowest BCUT2D eigenvalue weighted by molar-refractivity contribution is -0.118. The molecule has 2 rings (SSSR count). The van der Waals surface area contributed by atoms with E-state index in [1.807, 2.05) is 38.1 Å². The molecule has 0 unspecified atom stereocenters. The number of ether oxygens (including phenoxy) is 3. The lowest BCUT2D eigenvalue weighted by atomic mass is 10.1. The third-order valence-corrected chi connectivity index (χ3v) is 3.33. The monoisotopic (exact) mass is 315 g/mol. The van der Waals surface area contributed by atoms with Gasteiger partial charge in [-0.25, -0.2) is 0 Å². The predicted molar refractivity (Wildman–Crippen MR) is 89.6 cm³/mol. The van der Waals surface area contributed by atoms with Gasteiger partial charge in [-0.2, -0.15) is 0 Å². The summed E-state index contributed by atoms with van der Waals surface area (Å²) >= 11 is 0. The Hall–Kier alpha value is -2.69. The molecule has 0 atom stereocenters. The van der Waals surface area contributed by atoms with Crippen molar-refractivity contribution in [1.82, 2.24) is 0 Å². The van der Waals surface area contributed by atoms with Gasteiger partial charge >= 0.3 is 0 Å². The van der Waals surface area contributed by atoms with E-state index in [4.69, 9.17) is 14.2 Å². The van der Waals surface area contributed by atoms with Crippen molar-refractivity contribution in [2.45, 2.75) is 13.8 Å². The number of amides is 1. The van der Waals surface area contributed by atoms with Crippen molar-refractivity contribution < 1.29 is 19.0 Å². The van der Waals surface area contributed by atoms with E-state index in [1.165, 1.54) is 0 Å². The molecule has 0 fully saturated rings. The predicted octanol–water partition coefficient (Wildman–Crippen LogP) is 3.34. The number of rotatable bonds is 6. The summed E-state index contributed by atoms with van der Waals surface area (Å²) in [5, 5.41) is 2.82. The van der Waals surface area contributed by atoms with Crippen LogP contribution in [-0.2, 0) is 4.79 Å². The Balaban J connectivity index is 2.06. The molecule has 0 aliphatic heterocycles. The third-order valence-electron chi connectivity index (χ3n) is 3.33. The van der Waals surface area contributed by atoms with Crippen LogP contribution in [0.3, 0.4) is 0 Å². The number of carbonyl (C=O) groups excluding carboxylic acids is 1. The van der Waals surface area contributed by atoms with Crippen LogP contribution < -0.4 is 19.5 Å². The highest BCUT2D eigenvalue weighted by Crippen LogP contribution is 2.30. The first kappa shape index (κ1) is 16.7. The Morgan fingerprint density at radius 3 is 2.39 bits per heavy atom. The zero-order valence-electron chi connectivity index (χ0n) is 13.8. The number of anilines is 1. The van der Waals surface area contributed by atoms with Crippen LogP contribution in [0, 0.1) is 13.8 Å². The smallest absolute Gasteiger partial charge is 0.262 e. The maximum atomic E-state index is 12.1. The van der Waals surface area contributed by atoms with Crippen molar-refractivity contribution in [3.63, 3.8) is 0 Å². The Morgan fingerprint density at radius 2 is 1.74 bits per heavy atom. The molecule has 1 amide bonds. The van der Waals surface area contributed by atoms with Crippen LogP contribution in [0.1, 0.15) is 11.1 Å². The molecule has 23 heavy (non-hydrogen) atoms. The number of methoxy groups -OCH3 is 2. The summed E-state index contributed by atoms with van der Waals surface area (Å²) in [6.45, 7) is 3.79. The maximum Gasteiger partial charge on any atom is 0.262 e. The van der Waals surface area contributed by atoms with Crippen molar-refractivity contribution in [2.24, 2.45) is 0 Å². The molecule has 5 heteroatoms. The Labute approximate surface area is 136 Å². The second-order valence-corrected chi connectivity index (χ2v) is 5.15. The molecule has 0 bridgehead atoms. The van der Waals surface area contributed by atoms with Crippen LogP contribution >= 0.6 is 0 Å². The number of hydrogen-bond donors (Lipinski definition) is 1. The minimum absolute atomic E-state index is 0.115. The number of hydrogen-bond acceptors (Lipinski definition) is 4. The fourth-order valence-electron chi connectivity index (χ4n) is 2.39. The lowest BCUT2D eigenvalue weighted by Gasteiger charge is -2.14. The fourth-order valence-corrected chi connectivity index (χ4v) is 2.39. The molecular formula is C18H21NO4. The van der Waals surface area contributed by atoms with E-state index in [0.717, 1.165) is 11.1 Å². The molecule has 1 N–H and O–H groups in total. The highest BCUT2D eigenvalue weighted by atomic mass is 16.5. The summed E-state index contributed by atoms with van der Waals surface area (Å²) in [6.07, 6.45) is 0. The van der Waals surface area contributed by atoms with E-state index in [-0.39, 0.29) is 12.5 Å². The van der Waals surface area contributed by atoms with Crippen molar-refractivity contribution in [3.05, 3.63) is 47.5 Å². The lowest BCUT2D eigenvalue weighted by Crippen LogP contribution is -2.21. The van der Waals surface area contributed by atoms with Gasteiger partial charge in [0.05, 0.1) is 19.9 Å². The zero-order valence-corrected chi connectivity index (χ0v) is 13.8. The van der Waals surface area contributed by atoms with Gasteiger partial charge in [-0.3, -0.25) is 4.79 Å². The van der Waals surface area contributed by atoms with Crippen LogP contribution in [0.15, 0.2) is 36.4 Å². The van der Waals surface area contributed by atoms with Crippen molar-refractivity contribution in [1.29, 1.82) is 0 Å². The van der Waals surface area contributed by atoms with Gasteiger partial charge in [0.15, 0.2) is 18.1 Å². The molecule has 2 aromatic rings. The quantitative estimate of drug-likeness (QED) is 0.888. The Bertz CT molecular complexity index is 697. The average Bonchev–Trinajstić information content (AvgIpc) is 2.53. The van der Waals surface area contributed by atoms with Gasteiger partial charge in [0.25, 0.3) is 5.91 Å². The van der Waals surface area contributed by atoms with Crippen LogP contribution in [0.2, 0.25) is 0 Å². The number of carbonyl (C=O) groups is 1. The fraction of sp³-hybridized carbons (Fsp3) is 0.278. The molecule has 0 heterocycles. The first-order chi connectivity index (χ1) is 11.0. The molecule has 0 aliphatic carbocycles. The highest BCUT2D eigenvalue weighted by Gasteiger charge is 2.12. The second-order valence-electron chi connectivity index (χ2n) is 5.15. The summed E-state index contributed by atoms with van der Waals surface area (Å²) in [7, 11) is 3.14. The summed E-state index contributed by atoms with van der Waals surface area (Å²) < 4.78 is 16.1. The minimum atomic E-state index is -0.265. The van der Waals surface area contributed by atoms with Gasteiger partial charge in [0, 0.05) is 0 Å². The molecule has 0 aromatic heterocycles. The summed E-state index contributed by atoms with van der Waals surface area (Å²) in [5.74, 6) is 1.50. The highest BCUT2D eigenvalue weighted by molar-refractivity contribution is 5.93. The minimum Gasteiger partial charge on any atom is -0.494 e. The average molecular weight is 315 g/mol. The molecular weight excluding hydrogens is 294 g/mol. The van der Waals surface area contributed by atoms with Crippen molar-refractivity contribution in [2.75, 3.05) is 26.1 Å². The van der Waals surface area contributed by atoms with Crippen LogP contribution in [0.4, 0.5) is 5.69 Å². The SMILES string of the molecule is COc1ccccc1OCC(=O)Nc1cc(C)cc(C)c1OC. The molecule has 0 saturated carbocycles. The number of aryl methyl sites for hydroxylation is 2. The zero-order chi connectivity index (χ0) is 16.8. The second kappa shape index (κ2) is 7.54. The van der Waals surface area contributed by atoms with E-state index in [1.54, 1.807) is 26.4 Å². The number of para-hydroxylation sites is 2. The molecule has 0 radical (unpaired) electrons. The Morgan fingerprint density at radius 1 is 1.04 bits per heavy atom. The van der Waals surface area contributed by atoms with E-state index in [2.05, 4.69) is 5.32 Å². The first-order valence-corrected chi connectivity index (χ1v) is 7.26. The topological polar surface area (TPSA) is 56.8 Å². The number of benzene rings is 2. The van der Waals surface area contributed by atoms with Gasteiger partial charge in [0.2, 0.25) is 0 Å². The van der Waals surface area contributed by atoms with Gasteiger partial charge < -0.3 is 19.5 Å². The molecule has 0 saturated heterocycles. The van der Waals surface area contributed by atoms with Gasteiger partial charge in [-0.05, 0) is 43.2 Å². The van der Waals surface area contributed by atoms with Gasteiger partial charge in [-0.15, -0.1) is 0 Å². The molecule has 0 spiro atoms. The first-order valence-electron chi connectivity index (χ1n) is 7.26. The van der Waals surface area contributed by atoms with Crippen molar-refractivity contribution in [3.8, 4) is 17.2 Å². The number of nitrogens with one attached hydrogen (secondary N) is 1. The molecule has 5 nitrogen and oxygen atoms in total. The van der Waals surface area contributed by atoms with Crippen LogP contribution in [0.25, 0.3) is 0 Å². The standard InChI is InChI=1S/C18H21NO4/c1-12-9-13(2)18(22-4)14(10-12)19-17(20)11-23-16-8-6-5-7-15(16)21-3/h5-10H,11H2,1-4H3,(H,19,20). The Kier molecular flexibility index (Phi) is 5.46. The van der Waals surface area contributed by atoms with Crippen LogP contribution in [0.5, 0.6) is 17.2 Å². The molecule has 122 valence electrons. The van der Waals surface area contributed by atoms with E-state index in [0.29, 0.717) is 22.9 Å². The van der Waals surface area contributed by atoms with E-state index >= 15 is 0 Å². The van der Waals surface area contributed by atoms with Crippen molar-refractivity contribution >= 4 is 11.6 Å². The van der Waals surface area contributed by atoms with E-state index < -0.39 is 0 Å². The van der Waals surface area contributed by atoms with E-state index in [9.17, 15) is 4.79 Å². The normalized spacial score (nSPS) is 10.1. The summed E-state index contributed by atoms with van der Waals surface area (Å²) in [6, 6.07) is 11.1. The van der Waals surface area contributed by atoms with Gasteiger partial charge in [0.1, 0.15) is 5.75 Å². The summed E-state index contributed by atoms with van der Waals surface area (Å²) in [4.78, 5) is 12.1. The molecule has 0 aliphatic rings. The van der Waals surface area contributed by atoms with Crippen LogP contribution in [-0.4, -0.2) is 26.7 Å². The summed E-state index contributed by atoms with van der Waals surface area (Å²) in [5.41, 5.74) is 2.65. The molecule has 2 aromatic carbocycles. The largest absolute Gasteiger partial charge is 0.494 e. The maximum absolute atomic E-state index is 12.1. The third kappa shape index (κ3) is 4.16.